The first kappa shape index (κ1) is 8.25. The molecule has 0 aliphatic heterocycles. The minimum absolute atomic E-state index is 0.327. The summed E-state index contributed by atoms with van der Waals surface area (Å²) in [6.45, 7) is 5.69. The van der Waals surface area contributed by atoms with Crippen molar-refractivity contribution in [3.05, 3.63) is 23.8 Å². The van der Waals surface area contributed by atoms with E-state index in [1.807, 2.05) is 6.08 Å². The van der Waals surface area contributed by atoms with Crippen molar-refractivity contribution < 1.29 is 4.79 Å². The van der Waals surface area contributed by atoms with E-state index in [1.165, 1.54) is 5.57 Å². The molecule has 0 saturated carbocycles. The number of carbonyl (C=O) groups is 1. The third-order valence-electron chi connectivity index (χ3n) is 2.16. The number of ketones is 1. The Balaban J connectivity index is 2.81. The van der Waals surface area contributed by atoms with E-state index in [0.29, 0.717) is 5.78 Å². The van der Waals surface area contributed by atoms with Crippen molar-refractivity contribution in [2.45, 2.75) is 32.6 Å². The first-order chi connectivity index (χ1) is 5.25. The molecule has 0 atom stereocenters. The predicted octanol–water partition coefficient (Wildman–Crippen LogP) is 2.63. The number of rotatable bonds is 2. The molecule has 11 heavy (non-hydrogen) atoms. The molecule has 1 rings (SSSR count). The van der Waals surface area contributed by atoms with E-state index < -0.39 is 0 Å². The monoisotopic (exact) mass is 150 g/mol. The van der Waals surface area contributed by atoms with Crippen LogP contribution in [0, 0.1) is 0 Å². The van der Waals surface area contributed by atoms with Crippen molar-refractivity contribution in [2.24, 2.45) is 0 Å². The zero-order chi connectivity index (χ0) is 8.27. The van der Waals surface area contributed by atoms with Gasteiger partial charge < -0.3 is 0 Å². The number of hydrogen-bond acceptors (Lipinski definition) is 1. The summed E-state index contributed by atoms with van der Waals surface area (Å²) in [5, 5.41) is 0. The van der Waals surface area contributed by atoms with Gasteiger partial charge in [-0.05, 0) is 31.8 Å². The molecule has 0 unspecified atom stereocenters. The molecule has 0 amide bonds. The van der Waals surface area contributed by atoms with Crippen LogP contribution in [-0.4, -0.2) is 5.78 Å². The fraction of sp³-hybridized carbons (Fsp3) is 0.500. The summed E-state index contributed by atoms with van der Waals surface area (Å²) in [6.07, 6.45) is 5.42. The van der Waals surface area contributed by atoms with E-state index in [1.54, 1.807) is 0 Å². The lowest BCUT2D eigenvalue weighted by molar-refractivity contribution is -0.116. The lowest BCUT2D eigenvalue weighted by Gasteiger charge is -2.14. The molecular weight excluding hydrogens is 136 g/mol. The van der Waals surface area contributed by atoms with E-state index in [4.69, 9.17) is 0 Å². The number of hydrogen-bond donors (Lipinski definition) is 0. The molecule has 0 radical (unpaired) electrons. The van der Waals surface area contributed by atoms with Gasteiger partial charge in [-0.2, -0.15) is 0 Å². The van der Waals surface area contributed by atoms with Crippen LogP contribution in [0.3, 0.4) is 0 Å². The molecule has 60 valence electrons. The molecular formula is C10H14O. The van der Waals surface area contributed by atoms with Crippen LogP contribution in [0.2, 0.25) is 0 Å². The van der Waals surface area contributed by atoms with Crippen molar-refractivity contribution in [3.8, 4) is 0 Å². The van der Waals surface area contributed by atoms with Crippen molar-refractivity contribution in [3.63, 3.8) is 0 Å². The highest BCUT2D eigenvalue weighted by Gasteiger charge is 2.15. The molecule has 1 aliphatic carbocycles. The van der Waals surface area contributed by atoms with Gasteiger partial charge in [0.1, 0.15) is 0 Å². The quantitative estimate of drug-likeness (QED) is 0.553. The zero-order valence-electron chi connectivity index (χ0n) is 7.02. The van der Waals surface area contributed by atoms with Gasteiger partial charge in [-0.3, -0.25) is 4.79 Å². The lowest BCUT2D eigenvalue weighted by atomic mass is 9.90. The van der Waals surface area contributed by atoms with Crippen molar-refractivity contribution in [1.82, 2.24) is 0 Å². The predicted molar refractivity (Wildman–Crippen MR) is 46.4 cm³/mol. The zero-order valence-corrected chi connectivity index (χ0v) is 7.02. The van der Waals surface area contributed by atoms with Gasteiger partial charge in [0.25, 0.3) is 0 Å². The Morgan fingerprint density at radius 3 is 2.82 bits per heavy atom. The number of Topliss-reactive ketones (excluding diaryl/α,β-unsaturated/α-hetero) is 1. The van der Waals surface area contributed by atoms with Crippen molar-refractivity contribution >= 4 is 5.78 Å². The van der Waals surface area contributed by atoms with Crippen LogP contribution in [0.25, 0.3) is 0 Å². The van der Waals surface area contributed by atoms with Gasteiger partial charge in [-0.15, -0.1) is 6.58 Å². The molecule has 1 aliphatic rings. The minimum atomic E-state index is 0.327. The highest BCUT2D eigenvalue weighted by Crippen LogP contribution is 2.23. The highest BCUT2D eigenvalue weighted by atomic mass is 16.1. The maximum atomic E-state index is 11.3. The standard InChI is InChI=1S/C10H14O/c1-3-5-9-8(2)6-4-7-10(9)11/h3H,1,4-7H2,2H3. The first-order valence-corrected chi connectivity index (χ1v) is 4.08. The van der Waals surface area contributed by atoms with Gasteiger partial charge in [0.05, 0.1) is 0 Å². The summed E-state index contributed by atoms with van der Waals surface area (Å²) < 4.78 is 0. The van der Waals surface area contributed by atoms with Gasteiger partial charge in [0.15, 0.2) is 5.78 Å². The van der Waals surface area contributed by atoms with Crippen LogP contribution in [0.4, 0.5) is 0 Å². The lowest BCUT2D eigenvalue weighted by Crippen LogP contribution is -2.09. The summed E-state index contributed by atoms with van der Waals surface area (Å²) >= 11 is 0. The summed E-state index contributed by atoms with van der Waals surface area (Å²) in [5.74, 6) is 0.327. The van der Waals surface area contributed by atoms with Crippen molar-refractivity contribution in [2.75, 3.05) is 0 Å². The Labute approximate surface area is 67.8 Å². The number of carbonyl (C=O) groups excluding carboxylic acids is 1. The third kappa shape index (κ3) is 1.79. The molecule has 1 heteroatoms. The Morgan fingerprint density at radius 1 is 1.55 bits per heavy atom. The smallest absolute Gasteiger partial charge is 0.159 e. The summed E-state index contributed by atoms with van der Waals surface area (Å²) in [5.41, 5.74) is 2.27. The maximum Gasteiger partial charge on any atom is 0.159 e. The molecule has 0 bridgehead atoms. The van der Waals surface area contributed by atoms with Gasteiger partial charge in [-0.25, -0.2) is 0 Å². The molecule has 0 N–H and O–H groups in total. The minimum Gasteiger partial charge on any atom is -0.295 e. The topological polar surface area (TPSA) is 17.1 Å². The normalized spacial score (nSPS) is 18.8. The summed E-state index contributed by atoms with van der Waals surface area (Å²) in [6, 6.07) is 0. The third-order valence-corrected chi connectivity index (χ3v) is 2.16. The Bertz CT molecular complexity index is 211. The van der Waals surface area contributed by atoms with Crippen LogP contribution < -0.4 is 0 Å². The largest absolute Gasteiger partial charge is 0.295 e. The molecule has 0 saturated heterocycles. The van der Waals surface area contributed by atoms with Gasteiger partial charge in [0, 0.05) is 6.42 Å². The molecule has 0 fully saturated rings. The highest BCUT2D eigenvalue weighted by molar-refractivity contribution is 5.97. The molecule has 0 aromatic rings. The molecule has 1 nitrogen and oxygen atoms in total. The van der Waals surface area contributed by atoms with Crippen LogP contribution in [-0.2, 0) is 4.79 Å². The van der Waals surface area contributed by atoms with Crippen LogP contribution in [0.15, 0.2) is 23.8 Å². The Kier molecular flexibility index (Phi) is 2.64. The molecule has 0 aromatic heterocycles. The average molecular weight is 150 g/mol. The maximum absolute atomic E-state index is 11.3. The second kappa shape index (κ2) is 3.51. The van der Waals surface area contributed by atoms with Crippen molar-refractivity contribution in [1.29, 1.82) is 0 Å². The Morgan fingerprint density at radius 2 is 2.27 bits per heavy atom. The van der Waals surface area contributed by atoms with E-state index >= 15 is 0 Å². The molecule has 0 heterocycles. The van der Waals surface area contributed by atoms with Crippen LogP contribution in [0.1, 0.15) is 32.6 Å². The fourth-order valence-corrected chi connectivity index (χ4v) is 1.49. The van der Waals surface area contributed by atoms with Gasteiger partial charge in [0.2, 0.25) is 0 Å². The Hall–Kier alpha value is -0.850. The summed E-state index contributed by atoms with van der Waals surface area (Å²) in [7, 11) is 0. The van der Waals surface area contributed by atoms with Gasteiger partial charge >= 0.3 is 0 Å². The summed E-state index contributed by atoms with van der Waals surface area (Å²) in [4.78, 5) is 11.3. The SMILES string of the molecule is C=CCC1=C(C)CCCC1=O. The second-order valence-electron chi connectivity index (χ2n) is 3.03. The average Bonchev–Trinajstić information content (AvgIpc) is 1.97. The van der Waals surface area contributed by atoms with Crippen LogP contribution >= 0.6 is 0 Å². The fourth-order valence-electron chi connectivity index (χ4n) is 1.49. The molecule has 0 aromatic carbocycles. The first-order valence-electron chi connectivity index (χ1n) is 4.08. The number of allylic oxidation sites excluding steroid dienone is 3. The van der Waals surface area contributed by atoms with E-state index in [-0.39, 0.29) is 0 Å². The van der Waals surface area contributed by atoms with Gasteiger partial charge in [-0.1, -0.05) is 11.6 Å². The van der Waals surface area contributed by atoms with E-state index in [2.05, 4.69) is 13.5 Å². The molecule has 0 spiro atoms. The van der Waals surface area contributed by atoms with Crippen LogP contribution in [0.5, 0.6) is 0 Å². The van der Waals surface area contributed by atoms with E-state index in [9.17, 15) is 4.79 Å². The second-order valence-corrected chi connectivity index (χ2v) is 3.03. The van der Waals surface area contributed by atoms with E-state index in [0.717, 1.165) is 31.3 Å².